The first kappa shape index (κ1) is 39.2. The normalized spacial score (nSPS) is 13.1. The van der Waals surface area contributed by atoms with Gasteiger partial charge >= 0.3 is 12.1 Å². The summed E-state index contributed by atoms with van der Waals surface area (Å²) in [6.45, 7) is 8.07. The second kappa shape index (κ2) is 19.2. The van der Waals surface area contributed by atoms with Crippen LogP contribution in [-0.2, 0) is 35.6 Å². The second-order valence-electron chi connectivity index (χ2n) is 12.9. The Balaban J connectivity index is 1.48. The Labute approximate surface area is 306 Å². The van der Waals surface area contributed by atoms with Gasteiger partial charge in [0.05, 0.1) is 39.8 Å². The number of benzene rings is 2. The molecular formula is C36H47N7O6S2. The number of carbonyl (C=O) groups excluding carboxylic acids is 3. The van der Waals surface area contributed by atoms with Crippen molar-refractivity contribution in [1.82, 2.24) is 35.9 Å². The van der Waals surface area contributed by atoms with Gasteiger partial charge in [0.2, 0.25) is 0 Å². The molecule has 274 valence electrons. The molecule has 0 aliphatic rings. The summed E-state index contributed by atoms with van der Waals surface area (Å²) in [6, 6.07) is 13.8. The van der Waals surface area contributed by atoms with E-state index in [2.05, 4.69) is 39.9 Å². The number of rotatable bonds is 17. The summed E-state index contributed by atoms with van der Waals surface area (Å²) in [5, 5.41) is 31.8. The number of alkyl carbamates (subject to hydrolysis) is 1. The summed E-state index contributed by atoms with van der Waals surface area (Å²) < 4.78 is 5.40. The molecule has 0 bridgehead atoms. The van der Waals surface area contributed by atoms with Crippen LogP contribution >= 0.6 is 22.7 Å². The average molecular weight is 738 g/mol. The number of ether oxygens (including phenoxy) is 1. The highest BCUT2D eigenvalue weighted by molar-refractivity contribution is 7.09. The number of urea groups is 1. The van der Waals surface area contributed by atoms with Gasteiger partial charge < -0.3 is 30.5 Å². The molecule has 3 atom stereocenters. The summed E-state index contributed by atoms with van der Waals surface area (Å²) in [4.78, 5) is 50.8. The Kier molecular flexibility index (Phi) is 14.7. The molecular weight excluding hydrogens is 691 g/mol. The van der Waals surface area contributed by atoms with E-state index in [0.717, 1.165) is 21.1 Å². The number of aromatic nitrogens is 2. The maximum Gasteiger partial charge on any atom is 0.407 e. The van der Waals surface area contributed by atoms with Crippen LogP contribution in [0.25, 0.3) is 0 Å². The number of carbonyl (C=O) groups is 3. The van der Waals surface area contributed by atoms with Gasteiger partial charge in [-0.15, -0.1) is 22.7 Å². The fraction of sp³-hybridized carbons (Fsp3) is 0.417. The van der Waals surface area contributed by atoms with Crippen LogP contribution in [0, 0.1) is 5.92 Å². The monoisotopic (exact) mass is 737 g/mol. The van der Waals surface area contributed by atoms with Crippen LogP contribution in [0.1, 0.15) is 60.3 Å². The molecule has 15 heteroatoms. The third kappa shape index (κ3) is 12.6. The van der Waals surface area contributed by atoms with Crippen molar-refractivity contribution in [2.24, 2.45) is 5.92 Å². The van der Waals surface area contributed by atoms with Gasteiger partial charge in [0, 0.05) is 37.6 Å². The number of nitrogens with zero attached hydrogens (tertiary/aromatic N) is 4. The van der Waals surface area contributed by atoms with Crippen molar-refractivity contribution in [3.05, 3.63) is 98.4 Å². The highest BCUT2D eigenvalue weighted by Gasteiger charge is 2.30. The molecule has 0 unspecified atom stereocenters. The molecule has 0 spiro atoms. The Morgan fingerprint density at radius 2 is 1.71 bits per heavy atom. The highest BCUT2D eigenvalue weighted by Crippen LogP contribution is 2.20. The number of nitrogens with one attached hydrogen (secondary N) is 3. The molecule has 0 radical (unpaired) electrons. The predicted molar refractivity (Wildman–Crippen MR) is 197 cm³/mol. The van der Waals surface area contributed by atoms with Gasteiger partial charge in [-0.3, -0.25) is 15.2 Å². The van der Waals surface area contributed by atoms with E-state index in [1.54, 1.807) is 48.3 Å². The van der Waals surface area contributed by atoms with Crippen molar-refractivity contribution >= 4 is 40.7 Å². The van der Waals surface area contributed by atoms with E-state index < -0.39 is 36.2 Å². The molecule has 2 aromatic carbocycles. The van der Waals surface area contributed by atoms with E-state index >= 15 is 0 Å². The fourth-order valence-corrected chi connectivity index (χ4v) is 6.48. The quantitative estimate of drug-likeness (QED) is 0.0934. The average Bonchev–Trinajstić information content (AvgIpc) is 3.79. The molecule has 0 aliphatic heterocycles. The summed E-state index contributed by atoms with van der Waals surface area (Å²) in [5.41, 5.74) is 6.83. The lowest BCUT2D eigenvalue weighted by molar-refractivity contribution is -0.130. The molecule has 51 heavy (non-hydrogen) atoms. The summed E-state index contributed by atoms with van der Waals surface area (Å²) in [6.07, 6.45) is -0.00697. The predicted octanol–water partition coefficient (Wildman–Crippen LogP) is 5.03. The molecule has 13 nitrogen and oxygen atoms in total. The first-order chi connectivity index (χ1) is 24.4. The number of phenols is 1. The Hall–Kier alpha value is -4.57. The van der Waals surface area contributed by atoms with Gasteiger partial charge in [0.25, 0.3) is 5.91 Å². The molecule has 4 amide bonds. The van der Waals surface area contributed by atoms with Crippen LogP contribution in [0.2, 0.25) is 0 Å². The van der Waals surface area contributed by atoms with Crippen molar-refractivity contribution in [3.63, 3.8) is 0 Å². The number of hydrogen-bond acceptors (Lipinski definition) is 11. The van der Waals surface area contributed by atoms with E-state index in [4.69, 9.17) is 4.74 Å². The first-order valence-electron chi connectivity index (χ1n) is 16.7. The largest absolute Gasteiger partial charge is 0.508 e. The highest BCUT2D eigenvalue weighted by atomic mass is 32.1. The minimum absolute atomic E-state index is 0.0323. The van der Waals surface area contributed by atoms with Crippen LogP contribution in [0.3, 0.4) is 0 Å². The van der Waals surface area contributed by atoms with Gasteiger partial charge in [0.1, 0.15) is 18.4 Å². The third-order valence-electron chi connectivity index (χ3n) is 7.89. The number of phenolic OH excluding ortho intramolecular Hbond substituents is 1. The van der Waals surface area contributed by atoms with Crippen molar-refractivity contribution in [2.75, 3.05) is 13.6 Å². The zero-order valence-corrected chi connectivity index (χ0v) is 31.1. The number of thiazole rings is 2. The molecule has 2 aromatic heterocycles. The van der Waals surface area contributed by atoms with Crippen LogP contribution in [0.15, 0.2) is 71.7 Å². The van der Waals surface area contributed by atoms with Gasteiger partial charge in [-0.1, -0.05) is 70.2 Å². The molecule has 2 heterocycles. The SMILES string of the molecule is CC(C)c1nc(CN(C)C(=O)N[C@H](C(=O)NN(Cc2cccc(O)c2)C[C@H](O)[C@H](Cc2ccccc2)NC(=O)OCc2cncs2)C(C)C)cs1. The Morgan fingerprint density at radius 3 is 2.35 bits per heavy atom. The maximum absolute atomic E-state index is 13.8. The number of amides is 4. The molecule has 0 fully saturated rings. The Bertz CT molecular complexity index is 1690. The third-order valence-corrected chi connectivity index (χ3v) is 9.84. The van der Waals surface area contributed by atoms with Crippen molar-refractivity contribution in [1.29, 1.82) is 0 Å². The van der Waals surface area contributed by atoms with E-state index in [0.29, 0.717) is 5.56 Å². The van der Waals surface area contributed by atoms with Crippen molar-refractivity contribution in [3.8, 4) is 5.75 Å². The van der Waals surface area contributed by atoms with Crippen LogP contribution in [0.5, 0.6) is 5.75 Å². The topological polar surface area (TPSA) is 169 Å². The summed E-state index contributed by atoms with van der Waals surface area (Å²) >= 11 is 2.91. The lowest BCUT2D eigenvalue weighted by atomic mass is 10.0. The lowest BCUT2D eigenvalue weighted by Crippen LogP contribution is -2.58. The van der Waals surface area contributed by atoms with E-state index in [-0.39, 0.29) is 50.2 Å². The molecule has 0 saturated carbocycles. The molecule has 5 N–H and O–H groups in total. The zero-order valence-electron chi connectivity index (χ0n) is 29.5. The van der Waals surface area contributed by atoms with Crippen molar-refractivity contribution in [2.45, 2.75) is 77.9 Å². The van der Waals surface area contributed by atoms with Crippen molar-refractivity contribution < 1.29 is 29.3 Å². The van der Waals surface area contributed by atoms with Gasteiger partial charge in [-0.2, -0.15) is 0 Å². The maximum atomic E-state index is 13.8. The van der Waals surface area contributed by atoms with Gasteiger partial charge in [-0.05, 0) is 35.6 Å². The van der Waals surface area contributed by atoms with Crippen LogP contribution < -0.4 is 16.1 Å². The van der Waals surface area contributed by atoms with E-state index in [9.17, 15) is 24.6 Å². The van der Waals surface area contributed by atoms with Gasteiger partial charge in [-0.25, -0.2) is 19.6 Å². The number of aromatic hydroxyl groups is 1. The second-order valence-corrected chi connectivity index (χ2v) is 14.8. The standard InChI is InChI=1S/C36H47N7O6S2/c1-23(2)32(40-35(47)42(5)18-27-21-50-34(38-27)24(3)4)33(46)41-43(17-26-12-9-13-28(44)14-26)19-31(45)30(15-25-10-7-6-8-11-25)39-36(48)49-20-29-16-37-22-51-29/h6-14,16,21-24,30-32,44-45H,15,17-20H2,1-5H3,(H,39,48)(H,40,47)(H,41,46)/t30-,31-,32-/m0/s1. The van der Waals surface area contributed by atoms with Crippen LogP contribution in [-0.4, -0.2) is 79.9 Å². The number of hydrogen-bond donors (Lipinski definition) is 5. The number of aliphatic hydroxyl groups excluding tert-OH is 1. The minimum atomic E-state index is -1.19. The van der Waals surface area contributed by atoms with Crippen LogP contribution in [0.4, 0.5) is 9.59 Å². The number of aliphatic hydroxyl groups is 1. The Morgan fingerprint density at radius 1 is 0.961 bits per heavy atom. The number of hydrazine groups is 1. The molecule has 4 aromatic rings. The van der Waals surface area contributed by atoms with E-state index in [1.807, 2.05) is 49.6 Å². The van der Waals surface area contributed by atoms with E-state index in [1.165, 1.54) is 27.3 Å². The smallest absolute Gasteiger partial charge is 0.407 e. The van der Waals surface area contributed by atoms with Gasteiger partial charge in [0.15, 0.2) is 0 Å². The molecule has 4 rings (SSSR count). The minimum Gasteiger partial charge on any atom is -0.508 e. The zero-order chi connectivity index (χ0) is 36.9. The summed E-state index contributed by atoms with van der Waals surface area (Å²) in [7, 11) is 1.64. The molecule has 0 aliphatic carbocycles. The first-order valence-corrected chi connectivity index (χ1v) is 18.5. The summed E-state index contributed by atoms with van der Waals surface area (Å²) in [5.74, 6) is -0.456. The molecule has 0 saturated heterocycles. The lowest BCUT2D eigenvalue weighted by Gasteiger charge is -2.32. The fourth-order valence-electron chi connectivity index (χ4n) is 5.15.